The molecule has 2 aromatic heterocycles. The molecule has 2 rings (SSSR count). The number of nitrogens with zero attached hydrogens (tertiary/aromatic N) is 5. The maximum Gasteiger partial charge on any atom is 0.183 e. The molecule has 0 amide bonds. The molecule has 1 N–H and O–H groups in total. The van der Waals surface area contributed by atoms with E-state index in [1.165, 1.54) is 0 Å². The van der Waals surface area contributed by atoms with Crippen LogP contribution in [0.15, 0.2) is 6.33 Å². The molecule has 0 radical (unpaired) electrons. The van der Waals surface area contributed by atoms with Gasteiger partial charge in [-0.3, -0.25) is 0 Å². The Balaban J connectivity index is 2.35. The molecule has 6 nitrogen and oxygen atoms in total. The van der Waals surface area contributed by atoms with Crippen molar-refractivity contribution in [1.82, 2.24) is 25.0 Å². The third kappa shape index (κ3) is 2.51. The SMILES string of the molecule is CCCCn1nnc2c(NC(C)C)ncnc21. The van der Waals surface area contributed by atoms with Crippen molar-refractivity contribution < 1.29 is 0 Å². The highest BCUT2D eigenvalue weighted by Crippen LogP contribution is 2.16. The summed E-state index contributed by atoms with van der Waals surface area (Å²) in [5.41, 5.74) is 1.55. The molecule has 2 heterocycles. The topological polar surface area (TPSA) is 68.5 Å². The molecule has 92 valence electrons. The first-order valence-electron chi connectivity index (χ1n) is 6.03. The summed E-state index contributed by atoms with van der Waals surface area (Å²) in [7, 11) is 0. The van der Waals surface area contributed by atoms with Gasteiger partial charge in [-0.25, -0.2) is 14.6 Å². The Labute approximate surface area is 100 Å². The van der Waals surface area contributed by atoms with Crippen LogP contribution in [0.4, 0.5) is 5.82 Å². The van der Waals surface area contributed by atoms with Crippen LogP contribution in [0.5, 0.6) is 0 Å². The van der Waals surface area contributed by atoms with Crippen molar-refractivity contribution in [3.8, 4) is 0 Å². The molecule has 0 saturated heterocycles. The van der Waals surface area contributed by atoms with Crippen LogP contribution >= 0.6 is 0 Å². The minimum Gasteiger partial charge on any atom is -0.366 e. The normalized spacial score (nSPS) is 11.3. The van der Waals surface area contributed by atoms with Crippen molar-refractivity contribution in [2.75, 3.05) is 5.32 Å². The highest BCUT2D eigenvalue weighted by Gasteiger charge is 2.11. The lowest BCUT2D eigenvalue weighted by atomic mass is 10.3. The van der Waals surface area contributed by atoms with Crippen LogP contribution in [-0.4, -0.2) is 31.0 Å². The van der Waals surface area contributed by atoms with Crippen LogP contribution in [-0.2, 0) is 6.54 Å². The van der Waals surface area contributed by atoms with Gasteiger partial charge in [0.2, 0.25) is 0 Å². The van der Waals surface area contributed by atoms with E-state index in [0.29, 0.717) is 6.04 Å². The lowest BCUT2D eigenvalue weighted by Gasteiger charge is -2.08. The van der Waals surface area contributed by atoms with E-state index >= 15 is 0 Å². The van der Waals surface area contributed by atoms with Crippen molar-refractivity contribution in [2.24, 2.45) is 0 Å². The number of hydrogen-bond donors (Lipinski definition) is 1. The van der Waals surface area contributed by atoms with Crippen molar-refractivity contribution in [2.45, 2.75) is 46.2 Å². The van der Waals surface area contributed by atoms with Crippen molar-refractivity contribution >= 4 is 17.0 Å². The number of anilines is 1. The lowest BCUT2D eigenvalue weighted by molar-refractivity contribution is 0.564. The Morgan fingerprint density at radius 1 is 1.35 bits per heavy atom. The first kappa shape index (κ1) is 11.8. The van der Waals surface area contributed by atoms with E-state index in [9.17, 15) is 0 Å². The van der Waals surface area contributed by atoms with E-state index in [0.717, 1.165) is 36.4 Å². The number of aryl methyl sites for hydroxylation is 1. The fourth-order valence-corrected chi connectivity index (χ4v) is 1.63. The Bertz CT molecular complexity index is 490. The van der Waals surface area contributed by atoms with Gasteiger partial charge >= 0.3 is 0 Å². The summed E-state index contributed by atoms with van der Waals surface area (Å²) in [5.74, 6) is 0.757. The highest BCUT2D eigenvalue weighted by atomic mass is 15.4. The standard InChI is InChI=1S/C11H18N6/c1-4-5-6-17-11-9(15-16-17)10(12-7-13-11)14-8(2)3/h7-8H,4-6H2,1-3H3,(H,12,13,14). The first-order valence-corrected chi connectivity index (χ1v) is 6.03. The molecule has 6 heteroatoms. The fraction of sp³-hybridized carbons (Fsp3) is 0.636. The van der Waals surface area contributed by atoms with Gasteiger partial charge in [0.25, 0.3) is 0 Å². The minimum atomic E-state index is 0.314. The Morgan fingerprint density at radius 3 is 2.88 bits per heavy atom. The molecule has 0 atom stereocenters. The summed E-state index contributed by atoms with van der Waals surface area (Å²) < 4.78 is 1.84. The van der Waals surface area contributed by atoms with E-state index in [1.54, 1.807) is 6.33 Å². The van der Waals surface area contributed by atoms with Crippen LogP contribution in [0.1, 0.15) is 33.6 Å². The molecule has 0 aromatic carbocycles. The van der Waals surface area contributed by atoms with Crippen molar-refractivity contribution in [1.29, 1.82) is 0 Å². The molecule has 0 aliphatic carbocycles. The maximum absolute atomic E-state index is 4.25. The number of hydrogen-bond acceptors (Lipinski definition) is 5. The Kier molecular flexibility index (Phi) is 3.51. The summed E-state index contributed by atoms with van der Waals surface area (Å²) in [6, 6.07) is 0.314. The van der Waals surface area contributed by atoms with Gasteiger partial charge in [0, 0.05) is 12.6 Å². The van der Waals surface area contributed by atoms with E-state index in [-0.39, 0.29) is 0 Å². The molecule has 0 spiro atoms. The van der Waals surface area contributed by atoms with E-state index in [4.69, 9.17) is 0 Å². The predicted molar refractivity (Wildman–Crippen MR) is 66.8 cm³/mol. The van der Waals surface area contributed by atoms with E-state index in [2.05, 4.69) is 46.4 Å². The van der Waals surface area contributed by atoms with Crippen LogP contribution in [0.3, 0.4) is 0 Å². The van der Waals surface area contributed by atoms with Crippen molar-refractivity contribution in [3.05, 3.63) is 6.33 Å². The average Bonchev–Trinajstić information content (AvgIpc) is 2.70. The largest absolute Gasteiger partial charge is 0.366 e. The third-order valence-corrected chi connectivity index (χ3v) is 2.45. The second-order valence-electron chi connectivity index (χ2n) is 4.36. The second kappa shape index (κ2) is 5.07. The zero-order chi connectivity index (χ0) is 12.3. The fourth-order valence-electron chi connectivity index (χ4n) is 1.63. The summed E-state index contributed by atoms with van der Waals surface area (Å²) in [6.45, 7) is 7.13. The molecule has 0 bridgehead atoms. The maximum atomic E-state index is 4.25. The van der Waals surface area contributed by atoms with Gasteiger partial charge in [-0.15, -0.1) is 5.10 Å². The van der Waals surface area contributed by atoms with Gasteiger partial charge in [-0.05, 0) is 20.3 Å². The summed E-state index contributed by atoms with van der Waals surface area (Å²) in [5, 5.41) is 11.5. The predicted octanol–water partition coefficient (Wildman–Crippen LogP) is 1.84. The number of aromatic nitrogens is 5. The molecule has 17 heavy (non-hydrogen) atoms. The summed E-state index contributed by atoms with van der Waals surface area (Å²) in [6.07, 6.45) is 3.76. The van der Waals surface area contributed by atoms with Gasteiger partial charge in [0.15, 0.2) is 17.0 Å². The van der Waals surface area contributed by atoms with Gasteiger partial charge in [-0.2, -0.15) is 0 Å². The molecular formula is C11H18N6. The Hall–Kier alpha value is -1.72. The Morgan fingerprint density at radius 2 is 2.18 bits per heavy atom. The molecular weight excluding hydrogens is 216 g/mol. The van der Waals surface area contributed by atoms with E-state index in [1.807, 2.05) is 4.68 Å². The molecule has 0 aliphatic rings. The molecule has 0 aliphatic heterocycles. The number of fused-ring (bicyclic) bond motifs is 1. The number of rotatable bonds is 5. The van der Waals surface area contributed by atoms with Gasteiger partial charge < -0.3 is 5.32 Å². The van der Waals surface area contributed by atoms with Gasteiger partial charge in [-0.1, -0.05) is 18.6 Å². The third-order valence-electron chi connectivity index (χ3n) is 2.45. The second-order valence-corrected chi connectivity index (χ2v) is 4.36. The molecule has 0 saturated carbocycles. The minimum absolute atomic E-state index is 0.314. The van der Waals surface area contributed by atoms with E-state index < -0.39 is 0 Å². The van der Waals surface area contributed by atoms with Crippen LogP contribution in [0, 0.1) is 0 Å². The van der Waals surface area contributed by atoms with Crippen LogP contribution in [0.25, 0.3) is 11.2 Å². The number of nitrogens with one attached hydrogen (secondary N) is 1. The van der Waals surface area contributed by atoms with Crippen LogP contribution in [0.2, 0.25) is 0 Å². The average molecular weight is 234 g/mol. The summed E-state index contributed by atoms with van der Waals surface area (Å²) >= 11 is 0. The zero-order valence-electron chi connectivity index (χ0n) is 10.5. The van der Waals surface area contributed by atoms with Gasteiger partial charge in [0.1, 0.15) is 6.33 Å². The monoisotopic (exact) mass is 234 g/mol. The first-order chi connectivity index (χ1) is 8.22. The molecule has 2 aromatic rings. The highest BCUT2D eigenvalue weighted by molar-refractivity contribution is 5.81. The molecule has 0 unspecified atom stereocenters. The van der Waals surface area contributed by atoms with Gasteiger partial charge in [0.05, 0.1) is 0 Å². The van der Waals surface area contributed by atoms with Crippen molar-refractivity contribution in [3.63, 3.8) is 0 Å². The summed E-state index contributed by atoms with van der Waals surface area (Å²) in [4.78, 5) is 8.45. The zero-order valence-corrected chi connectivity index (χ0v) is 10.5. The quantitative estimate of drug-likeness (QED) is 0.855. The van der Waals surface area contributed by atoms with Crippen LogP contribution < -0.4 is 5.32 Å². The number of unbranched alkanes of at least 4 members (excludes halogenated alkanes) is 1. The smallest absolute Gasteiger partial charge is 0.183 e. The lowest BCUT2D eigenvalue weighted by Crippen LogP contribution is -2.11. The molecule has 0 fully saturated rings.